The molecule has 0 saturated heterocycles. The van der Waals surface area contributed by atoms with Gasteiger partial charge >= 0.3 is 5.69 Å². The molecule has 1 rings (SSSR count). The Morgan fingerprint density at radius 2 is 2.12 bits per heavy atom. The lowest BCUT2D eigenvalue weighted by atomic mass is 9.82. The van der Waals surface area contributed by atoms with Crippen LogP contribution in [0.4, 0.5) is 0 Å². The van der Waals surface area contributed by atoms with Crippen molar-refractivity contribution < 1.29 is 0 Å². The smallest absolute Gasteiger partial charge is 0.299 e. The third kappa shape index (κ3) is 3.44. The van der Waals surface area contributed by atoms with Crippen molar-refractivity contribution in [2.45, 2.75) is 34.2 Å². The van der Waals surface area contributed by atoms with E-state index in [2.05, 4.69) is 41.7 Å². The van der Waals surface area contributed by atoms with Gasteiger partial charge in [-0.25, -0.2) is 9.78 Å². The van der Waals surface area contributed by atoms with E-state index in [-0.39, 0.29) is 11.1 Å². The summed E-state index contributed by atoms with van der Waals surface area (Å²) in [5.41, 5.74) is 1.02. The fourth-order valence-electron chi connectivity index (χ4n) is 1.49. The maximum absolute atomic E-state index is 11.6. The van der Waals surface area contributed by atoms with E-state index in [0.29, 0.717) is 12.5 Å². The SMILES string of the molecule is Cc1cnc(=O)n(CC(CBr)C(C)(C)C)c1. The number of rotatable bonds is 3. The zero-order valence-electron chi connectivity index (χ0n) is 10.3. The normalized spacial score (nSPS) is 13.8. The van der Waals surface area contributed by atoms with Gasteiger partial charge in [0.05, 0.1) is 0 Å². The highest BCUT2D eigenvalue weighted by Gasteiger charge is 2.24. The van der Waals surface area contributed by atoms with Gasteiger partial charge in [-0.1, -0.05) is 36.7 Å². The summed E-state index contributed by atoms with van der Waals surface area (Å²) in [5.74, 6) is 0.411. The van der Waals surface area contributed by atoms with Crippen LogP contribution in [0.2, 0.25) is 0 Å². The topological polar surface area (TPSA) is 34.9 Å². The number of aryl methyl sites for hydroxylation is 1. The summed E-state index contributed by atoms with van der Waals surface area (Å²) in [6.07, 6.45) is 3.48. The fraction of sp³-hybridized carbons (Fsp3) is 0.667. The molecule has 3 nitrogen and oxygen atoms in total. The van der Waals surface area contributed by atoms with E-state index in [9.17, 15) is 4.79 Å². The molecule has 0 aliphatic carbocycles. The van der Waals surface area contributed by atoms with Crippen LogP contribution in [0.15, 0.2) is 17.2 Å². The molecule has 1 unspecified atom stereocenters. The highest BCUT2D eigenvalue weighted by Crippen LogP contribution is 2.28. The summed E-state index contributed by atoms with van der Waals surface area (Å²) in [6.45, 7) is 9.22. The minimum Gasteiger partial charge on any atom is -0.299 e. The minimum atomic E-state index is -0.166. The van der Waals surface area contributed by atoms with E-state index in [4.69, 9.17) is 0 Å². The predicted molar refractivity (Wildman–Crippen MR) is 70.0 cm³/mol. The molecular weight excluding hydrogens is 268 g/mol. The second-order valence-electron chi connectivity index (χ2n) is 5.28. The first-order valence-corrected chi connectivity index (χ1v) is 6.56. The van der Waals surface area contributed by atoms with E-state index in [1.807, 2.05) is 13.1 Å². The lowest BCUT2D eigenvalue weighted by molar-refractivity contribution is 0.236. The first-order valence-electron chi connectivity index (χ1n) is 5.43. The molecule has 16 heavy (non-hydrogen) atoms. The van der Waals surface area contributed by atoms with Gasteiger partial charge in [0.15, 0.2) is 0 Å². The maximum Gasteiger partial charge on any atom is 0.347 e. The van der Waals surface area contributed by atoms with Crippen LogP contribution >= 0.6 is 15.9 Å². The second kappa shape index (κ2) is 5.13. The molecule has 4 heteroatoms. The van der Waals surface area contributed by atoms with Crippen LogP contribution in [0.3, 0.4) is 0 Å². The molecule has 1 aromatic rings. The van der Waals surface area contributed by atoms with Gasteiger partial charge in [0, 0.05) is 24.3 Å². The monoisotopic (exact) mass is 286 g/mol. The Kier molecular flexibility index (Phi) is 4.30. The maximum atomic E-state index is 11.6. The highest BCUT2D eigenvalue weighted by atomic mass is 79.9. The van der Waals surface area contributed by atoms with Crippen LogP contribution in [0.5, 0.6) is 0 Å². The molecule has 0 spiro atoms. The number of nitrogens with zero attached hydrogens (tertiary/aromatic N) is 2. The average molecular weight is 287 g/mol. The van der Waals surface area contributed by atoms with Crippen LogP contribution in [0.1, 0.15) is 26.3 Å². The van der Waals surface area contributed by atoms with Crippen molar-refractivity contribution in [2.24, 2.45) is 11.3 Å². The highest BCUT2D eigenvalue weighted by molar-refractivity contribution is 9.09. The first kappa shape index (κ1) is 13.4. The number of hydrogen-bond acceptors (Lipinski definition) is 2. The summed E-state index contributed by atoms with van der Waals surface area (Å²) >= 11 is 3.52. The molecule has 0 radical (unpaired) electrons. The second-order valence-corrected chi connectivity index (χ2v) is 5.93. The fourth-order valence-corrected chi connectivity index (χ4v) is 2.66. The Bertz CT molecular complexity index is 406. The van der Waals surface area contributed by atoms with Crippen LogP contribution in [-0.2, 0) is 6.54 Å². The Balaban J connectivity index is 2.95. The molecule has 0 aliphatic heterocycles. The van der Waals surface area contributed by atoms with Crippen molar-refractivity contribution in [1.82, 2.24) is 9.55 Å². The van der Waals surface area contributed by atoms with Gasteiger partial charge < -0.3 is 0 Å². The molecule has 90 valence electrons. The molecule has 0 amide bonds. The van der Waals surface area contributed by atoms with E-state index in [0.717, 1.165) is 10.9 Å². The predicted octanol–water partition coefficient (Wildman–Crippen LogP) is 2.61. The summed E-state index contributed by atoms with van der Waals surface area (Å²) in [5, 5.41) is 0.886. The molecule has 0 saturated carbocycles. The quantitative estimate of drug-likeness (QED) is 0.801. The molecule has 0 N–H and O–H groups in total. The molecule has 0 aliphatic rings. The molecule has 1 heterocycles. The standard InChI is InChI=1S/C12H19BrN2O/c1-9-6-14-11(16)15(7-9)8-10(5-13)12(2,3)4/h6-7,10H,5,8H2,1-4H3. The van der Waals surface area contributed by atoms with Crippen LogP contribution in [-0.4, -0.2) is 14.9 Å². The molecule has 0 aromatic carbocycles. The van der Waals surface area contributed by atoms with Gasteiger partial charge in [-0.2, -0.15) is 0 Å². The van der Waals surface area contributed by atoms with Crippen molar-refractivity contribution in [3.8, 4) is 0 Å². The number of alkyl halides is 1. The van der Waals surface area contributed by atoms with Gasteiger partial charge in [0.25, 0.3) is 0 Å². The van der Waals surface area contributed by atoms with Gasteiger partial charge in [-0.05, 0) is 23.8 Å². The number of hydrogen-bond donors (Lipinski definition) is 0. The molecular formula is C12H19BrN2O. The Morgan fingerprint density at radius 3 is 2.62 bits per heavy atom. The van der Waals surface area contributed by atoms with E-state index in [1.165, 1.54) is 0 Å². The number of aromatic nitrogens is 2. The van der Waals surface area contributed by atoms with Gasteiger partial charge in [-0.15, -0.1) is 0 Å². The summed E-state index contributed by atoms with van der Waals surface area (Å²) in [6, 6.07) is 0. The lowest BCUT2D eigenvalue weighted by Gasteiger charge is -2.29. The van der Waals surface area contributed by atoms with E-state index >= 15 is 0 Å². The first-order chi connectivity index (χ1) is 7.34. The molecule has 0 fully saturated rings. The van der Waals surface area contributed by atoms with E-state index < -0.39 is 0 Å². The lowest BCUT2D eigenvalue weighted by Crippen LogP contribution is -2.32. The zero-order valence-corrected chi connectivity index (χ0v) is 11.9. The van der Waals surface area contributed by atoms with Gasteiger partial charge in [0.2, 0.25) is 0 Å². The van der Waals surface area contributed by atoms with Crippen LogP contribution in [0, 0.1) is 18.3 Å². The molecule has 1 atom stereocenters. The van der Waals surface area contributed by atoms with Crippen molar-refractivity contribution in [2.75, 3.05) is 5.33 Å². The van der Waals surface area contributed by atoms with Gasteiger partial charge in [-0.3, -0.25) is 4.57 Å². The Labute approximate surface area is 105 Å². The van der Waals surface area contributed by atoms with Crippen LogP contribution in [0.25, 0.3) is 0 Å². The zero-order chi connectivity index (χ0) is 12.3. The minimum absolute atomic E-state index is 0.166. The number of halogens is 1. The van der Waals surface area contributed by atoms with Gasteiger partial charge in [0.1, 0.15) is 0 Å². The Morgan fingerprint density at radius 1 is 1.50 bits per heavy atom. The molecule has 1 aromatic heterocycles. The summed E-state index contributed by atoms with van der Waals surface area (Å²) < 4.78 is 1.70. The average Bonchev–Trinajstić information content (AvgIpc) is 2.17. The third-order valence-electron chi connectivity index (χ3n) is 2.81. The Hall–Kier alpha value is -0.640. The molecule has 0 bridgehead atoms. The summed E-state index contributed by atoms with van der Waals surface area (Å²) in [4.78, 5) is 15.4. The van der Waals surface area contributed by atoms with Crippen LogP contribution < -0.4 is 5.69 Å². The van der Waals surface area contributed by atoms with Crippen molar-refractivity contribution in [3.05, 3.63) is 28.4 Å². The van der Waals surface area contributed by atoms with E-state index in [1.54, 1.807) is 10.8 Å². The van der Waals surface area contributed by atoms with Crippen molar-refractivity contribution >= 4 is 15.9 Å². The third-order valence-corrected chi connectivity index (χ3v) is 3.59. The van der Waals surface area contributed by atoms with Crippen molar-refractivity contribution in [1.29, 1.82) is 0 Å². The van der Waals surface area contributed by atoms with Crippen molar-refractivity contribution in [3.63, 3.8) is 0 Å². The largest absolute Gasteiger partial charge is 0.347 e. The summed E-state index contributed by atoms with van der Waals surface area (Å²) in [7, 11) is 0.